The molecule has 1 N–H and O–H groups in total. The summed E-state index contributed by atoms with van der Waals surface area (Å²) < 4.78 is 19.4. The molecule has 0 bridgehead atoms. The molecule has 9 heteroatoms. The molecule has 0 amide bonds. The van der Waals surface area contributed by atoms with Gasteiger partial charge in [0.1, 0.15) is 0 Å². The Kier molecular flexibility index (Phi) is 9.13. The molecule has 2 aromatic carbocycles. The van der Waals surface area contributed by atoms with Crippen LogP contribution in [-0.2, 0) is 14.0 Å². The lowest BCUT2D eigenvalue weighted by molar-refractivity contribution is -0.136. The van der Waals surface area contributed by atoms with Crippen LogP contribution in [0.3, 0.4) is 0 Å². The Morgan fingerprint density at radius 1 is 0.800 bits per heavy atom. The molecule has 2 heterocycles. The normalized spacial score (nSPS) is 18.2. The molecular formula is C36H45B2N3O4. The van der Waals surface area contributed by atoms with Crippen LogP contribution < -0.4 is 0 Å². The van der Waals surface area contributed by atoms with Gasteiger partial charge in [-0.05, 0) is 67.3 Å². The Morgan fingerprint density at radius 2 is 1.29 bits per heavy atom. The maximum atomic E-state index is 10.7. The Bertz CT molecular complexity index is 1540. The first-order chi connectivity index (χ1) is 21.1. The first-order valence-electron chi connectivity index (χ1n) is 15.8. The highest BCUT2D eigenvalue weighted by atomic mass is 16.7. The first-order valence-corrected chi connectivity index (χ1v) is 15.8. The summed E-state index contributed by atoms with van der Waals surface area (Å²) in [5.41, 5.74) is 2.06. The average molecular weight is 605 g/mol. The lowest BCUT2D eigenvalue weighted by Crippen LogP contribution is -2.48. The number of nitrogens with zero attached hydrogens (tertiary/aromatic N) is 3. The molecule has 234 valence electrons. The predicted octanol–water partition coefficient (Wildman–Crippen LogP) is 7.25. The summed E-state index contributed by atoms with van der Waals surface area (Å²) >= 11 is 0. The third kappa shape index (κ3) is 7.23. The Labute approximate surface area is 269 Å². The van der Waals surface area contributed by atoms with E-state index in [0.717, 1.165) is 27.6 Å². The van der Waals surface area contributed by atoms with Gasteiger partial charge in [-0.3, -0.25) is 0 Å². The van der Waals surface area contributed by atoms with Crippen molar-refractivity contribution in [1.29, 1.82) is 0 Å². The number of rotatable bonds is 9. The Morgan fingerprint density at radius 3 is 1.78 bits per heavy atom. The summed E-state index contributed by atoms with van der Waals surface area (Å²) in [6.07, 6.45) is 7.09. The predicted molar refractivity (Wildman–Crippen MR) is 183 cm³/mol. The molecule has 5 rings (SSSR count). The number of ether oxygens (including phenoxy) is 1. The monoisotopic (exact) mass is 605 g/mol. The molecule has 0 radical (unpaired) electrons. The number of hydrogen-bond donors (Lipinski definition) is 1. The summed E-state index contributed by atoms with van der Waals surface area (Å²) in [6.45, 7) is 18.3. The highest BCUT2D eigenvalue weighted by Gasteiger charge is 2.52. The van der Waals surface area contributed by atoms with Crippen molar-refractivity contribution in [2.75, 3.05) is 6.51 Å². The highest BCUT2D eigenvalue weighted by Crippen LogP contribution is 2.40. The van der Waals surface area contributed by atoms with Crippen LogP contribution in [0, 0.1) is 0 Å². The molecule has 2 aliphatic rings. The second-order valence-corrected chi connectivity index (χ2v) is 14.1. The van der Waals surface area contributed by atoms with Crippen LogP contribution in [0.4, 0.5) is 0 Å². The minimum absolute atomic E-state index is 0.0613. The Hall–Kier alpha value is -3.36. The topological polar surface area (TPSA) is 86.6 Å². The lowest BCUT2D eigenvalue weighted by Gasteiger charge is -2.37. The van der Waals surface area contributed by atoms with Crippen LogP contribution in [0.1, 0.15) is 67.6 Å². The van der Waals surface area contributed by atoms with Crippen molar-refractivity contribution in [3.8, 4) is 22.8 Å². The van der Waals surface area contributed by atoms with Crippen molar-refractivity contribution in [1.82, 2.24) is 15.0 Å². The minimum Gasteiger partial charge on any atom is -0.399 e. The van der Waals surface area contributed by atoms with Crippen LogP contribution in [0.25, 0.3) is 28.3 Å². The summed E-state index contributed by atoms with van der Waals surface area (Å²) in [5.74, 6) is 1.80. The second-order valence-electron chi connectivity index (χ2n) is 14.1. The van der Waals surface area contributed by atoms with Gasteiger partial charge >= 0.3 is 7.12 Å². The van der Waals surface area contributed by atoms with Gasteiger partial charge in [0, 0.05) is 23.2 Å². The van der Waals surface area contributed by atoms with E-state index in [9.17, 15) is 5.11 Å². The molecule has 1 aliphatic carbocycles. The fourth-order valence-corrected chi connectivity index (χ4v) is 4.95. The third-order valence-electron chi connectivity index (χ3n) is 9.52. The van der Waals surface area contributed by atoms with Gasteiger partial charge in [-0.1, -0.05) is 91.2 Å². The summed E-state index contributed by atoms with van der Waals surface area (Å²) in [4.78, 5) is 14.8. The van der Waals surface area contributed by atoms with Crippen LogP contribution >= 0.6 is 0 Å². The lowest BCUT2D eigenvalue weighted by atomic mass is 9.45. The zero-order valence-corrected chi connectivity index (χ0v) is 28.1. The number of aromatic nitrogens is 3. The van der Waals surface area contributed by atoms with Gasteiger partial charge < -0.3 is 19.2 Å². The minimum atomic E-state index is -0.989. The van der Waals surface area contributed by atoms with E-state index in [1.807, 2.05) is 74.5 Å². The number of allylic oxidation sites excluding steroid dienone is 6. The number of hydrogen-bond acceptors (Lipinski definition) is 7. The number of aliphatic hydroxyl groups is 1. The van der Waals surface area contributed by atoms with Crippen LogP contribution in [-0.4, -0.2) is 62.8 Å². The molecule has 1 fully saturated rings. The van der Waals surface area contributed by atoms with Gasteiger partial charge in [-0.25, -0.2) is 15.0 Å². The largest absolute Gasteiger partial charge is 0.494 e. The van der Waals surface area contributed by atoms with E-state index in [-0.39, 0.29) is 6.71 Å². The van der Waals surface area contributed by atoms with Crippen molar-refractivity contribution in [2.45, 2.75) is 91.0 Å². The molecule has 1 aliphatic heterocycles. The quantitative estimate of drug-likeness (QED) is 0.257. The van der Waals surface area contributed by atoms with Crippen molar-refractivity contribution in [3.63, 3.8) is 0 Å². The SMILES string of the molecule is CB(COC(C)(C)C(C)(C)O)C1=CC(B2OC(C)(C)C(C)(C)O2)=CC(c2nc(-c3ccccc3)nc(-c3ccccc3)n2)=CC1. The summed E-state index contributed by atoms with van der Waals surface area (Å²) in [5, 5.41) is 10.7. The first kappa shape index (κ1) is 33.0. The summed E-state index contributed by atoms with van der Waals surface area (Å²) in [7, 11) is -0.573. The molecule has 7 nitrogen and oxygen atoms in total. The van der Waals surface area contributed by atoms with Gasteiger partial charge in [0.05, 0.1) is 22.4 Å². The fourth-order valence-electron chi connectivity index (χ4n) is 4.95. The van der Waals surface area contributed by atoms with Gasteiger partial charge in [0.25, 0.3) is 0 Å². The molecule has 0 spiro atoms. The average Bonchev–Trinajstić information content (AvgIpc) is 3.12. The maximum Gasteiger partial charge on any atom is 0.494 e. The van der Waals surface area contributed by atoms with Gasteiger partial charge in [-0.15, -0.1) is 0 Å². The summed E-state index contributed by atoms with van der Waals surface area (Å²) in [6, 6.07) is 20.0. The third-order valence-corrected chi connectivity index (χ3v) is 9.52. The van der Waals surface area contributed by atoms with Crippen molar-refractivity contribution in [3.05, 3.63) is 95.7 Å². The zero-order chi connectivity index (χ0) is 32.6. The molecule has 1 aromatic heterocycles. The van der Waals surface area contributed by atoms with E-state index >= 15 is 0 Å². The molecule has 1 saturated heterocycles. The van der Waals surface area contributed by atoms with Crippen LogP contribution in [0.15, 0.2) is 89.8 Å². The van der Waals surface area contributed by atoms with E-state index < -0.39 is 29.5 Å². The molecule has 0 unspecified atom stereocenters. The molecule has 3 aromatic rings. The smallest absolute Gasteiger partial charge is 0.399 e. The van der Waals surface area contributed by atoms with Gasteiger partial charge in [0.15, 0.2) is 24.2 Å². The van der Waals surface area contributed by atoms with Crippen LogP contribution in [0.2, 0.25) is 6.82 Å². The van der Waals surface area contributed by atoms with E-state index in [1.165, 1.54) is 0 Å². The molecular weight excluding hydrogens is 560 g/mol. The molecule has 45 heavy (non-hydrogen) atoms. The van der Waals surface area contributed by atoms with Crippen molar-refractivity contribution in [2.24, 2.45) is 0 Å². The van der Waals surface area contributed by atoms with E-state index in [1.54, 1.807) is 13.8 Å². The maximum absolute atomic E-state index is 10.7. The van der Waals surface area contributed by atoms with E-state index in [2.05, 4.69) is 52.7 Å². The van der Waals surface area contributed by atoms with Gasteiger partial charge in [0.2, 0.25) is 0 Å². The van der Waals surface area contributed by atoms with E-state index in [4.69, 9.17) is 29.0 Å². The molecule has 0 saturated carbocycles. The number of benzene rings is 2. The van der Waals surface area contributed by atoms with E-state index in [0.29, 0.717) is 30.4 Å². The van der Waals surface area contributed by atoms with Gasteiger partial charge in [-0.2, -0.15) is 0 Å². The van der Waals surface area contributed by atoms with Crippen molar-refractivity contribution < 1.29 is 19.2 Å². The molecule has 0 atom stereocenters. The van der Waals surface area contributed by atoms with Crippen LogP contribution in [0.5, 0.6) is 0 Å². The highest BCUT2D eigenvalue weighted by molar-refractivity contribution is 6.66. The Balaban J connectivity index is 1.57. The second kappa shape index (κ2) is 12.4. The standard InChI is InChI=1S/C36H45B2N3O4/c1-33(2,42)34(3,4)43-24-37(9)28-21-20-27(22-29(23-28)38-44-35(5,6)36(7,8)45-38)32-40-30(25-16-12-10-13-17-25)39-31(41-32)26-18-14-11-15-19-26/h10-20,22-23,42H,21,24H2,1-9H3. The van der Waals surface area contributed by atoms with Crippen molar-refractivity contribution >= 4 is 19.4 Å². The fraction of sp³-hybridized carbons (Fsp3) is 0.417. The zero-order valence-electron chi connectivity index (χ0n) is 28.1.